The van der Waals surface area contributed by atoms with E-state index in [1.54, 1.807) is 9.80 Å². The third-order valence-electron chi connectivity index (χ3n) is 14.7. The van der Waals surface area contributed by atoms with Crippen molar-refractivity contribution in [2.45, 2.75) is 105 Å². The van der Waals surface area contributed by atoms with Gasteiger partial charge in [0.15, 0.2) is 0 Å². The summed E-state index contributed by atoms with van der Waals surface area (Å²) in [6, 6.07) is 37.6. The van der Waals surface area contributed by atoms with Crippen molar-refractivity contribution >= 4 is 34.6 Å². The molecule has 388 valence electrons. The first kappa shape index (κ1) is 51.9. The van der Waals surface area contributed by atoms with Crippen molar-refractivity contribution in [1.82, 2.24) is 0 Å². The molecule has 2 amide bonds. The van der Waals surface area contributed by atoms with E-state index < -0.39 is 0 Å². The topological polar surface area (TPSA) is 84.0 Å². The summed E-state index contributed by atoms with van der Waals surface area (Å²) in [5, 5.41) is 0. The molecule has 0 N–H and O–H groups in total. The summed E-state index contributed by atoms with van der Waals surface area (Å²) in [7, 11) is 3.73. The minimum absolute atomic E-state index is 0.0986. The fourth-order valence-electron chi connectivity index (χ4n) is 10.8. The molecule has 9 rings (SSSR count). The van der Waals surface area contributed by atoms with Gasteiger partial charge in [0.2, 0.25) is 0 Å². The first-order valence-electron chi connectivity index (χ1n) is 27.5. The normalized spacial score (nSPS) is 14.2. The number of para-hydroxylation sites is 2. The van der Waals surface area contributed by atoms with Crippen LogP contribution in [0.1, 0.15) is 144 Å². The SMILES string of the molecule is CCCOc1c2cccc1Cc1cc(C(=O)N(C)c3ccc(N4CCCC4)cc3)cc(c1OCCC)Cc1cccc(c1OCCC)Cc1cc(C(=O)N(C)c3ccc(N4CCCC4)cc3)cc(c1OCCC)C2. The zero-order valence-electron chi connectivity index (χ0n) is 44.8. The second-order valence-electron chi connectivity index (χ2n) is 20.3. The van der Waals surface area contributed by atoms with E-state index in [2.05, 4.69) is 122 Å². The average molecular weight is 997 g/mol. The lowest BCUT2D eigenvalue weighted by atomic mass is 9.89. The number of carbonyl (C=O) groups excluding carboxylic acids is 2. The minimum atomic E-state index is -0.0986. The van der Waals surface area contributed by atoms with E-state index in [1.165, 1.54) is 37.1 Å². The second kappa shape index (κ2) is 24.4. The van der Waals surface area contributed by atoms with Crippen molar-refractivity contribution in [3.05, 3.63) is 165 Å². The third-order valence-corrected chi connectivity index (χ3v) is 14.7. The first-order chi connectivity index (χ1) is 36.2. The predicted molar refractivity (Wildman–Crippen MR) is 301 cm³/mol. The van der Waals surface area contributed by atoms with Gasteiger partial charge in [-0.3, -0.25) is 9.59 Å². The Bertz CT molecular complexity index is 2600. The Kier molecular flexibility index (Phi) is 17.1. The molecular formula is C64H76N4O6. The third kappa shape index (κ3) is 11.7. The van der Waals surface area contributed by atoms with Crippen LogP contribution in [-0.4, -0.2) is 78.5 Å². The Hall–Kier alpha value is -6.94. The number of hydrogen-bond acceptors (Lipinski definition) is 8. The summed E-state index contributed by atoms with van der Waals surface area (Å²) in [4.78, 5) is 38.2. The average Bonchev–Trinajstić information content (AvgIpc) is 4.18. The van der Waals surface area contributed by atoms with Crippen molar-refractivity contribution in [3.8, 4) is 23.0 Å². The van der Waals surface area contributed by atoms with Gasteiger partial charge in [-0.25, -0.2) is 0 Å². The summed E-state index contributed by atoms with van der Waals surface area (Å²) in [5.41, 5.74) is 12.8. The summed E-state index contributed by atoms with van der Waals surface area (Å²) in [5.74, 6) is 2.96. The van der Waals surface area contributed by atoms with Gasteiger partial charge < -0.3 is 38.5 Å². The van der Waals surface area contributed by atoms with Gasteiger partial charge in [0.25, 0.3) is 11.8 Å². The molecule has 8 bridgehead atoms. The molecule has 2 heterocycles. The molecular weight excluding hydrogens is 921 g/mol. The largest absolute Gasteiger partial charge is 0.493 e. The second-order valence-corrected chi connectivity index (χ2v) is 20.3. The van der Waals surface area contributed by atoms with Crippen molar-refractivity contribution in [1.29, 1.82) is 0 Å². The number of hydrogen-bond donors (Lipinski definition) is 0. The zero-order chi connectivity index (χ0) is 51.6. The maximum absolute atomic E-state index is 14.9. The summed E-state index contributed by atoms with van der Waals surface area (Å²) in [6.45, 7) is 14.8. The number of nitrogens with zero attached hydrogens (tertiary/aromatic N) is 4. The van der Waals surface area contributed by atoms with E-state index in [1.807, 2.05) is 38.4 Å². The number of benzene rings is 6. The fourth-order valence-corrected chi connectivity index (χ4v) is 10.8. The highest BCUT2D eigenvalue weighted by molar-refractivity contribution is 6.07. The number of ether oxygens (including phenoxy) is 4. The predicted octanol–water partition coefficient (Wildman–Crippen LogP) is 13.3. The van der Waals surface area contributed by atoms with Crippen LogP contribution in [0.25, 0.3) is 0 Å². The molecule has 10 heteroatoms. The Balaban J connectivity index is 1.19. The molecule has 2 aliphatic heterocycles. The number of rotatable bonds is 18. The lowest BCUT2D eigenvalue weighted by molar-refractivity contribution is 0.0985. The Morgan fingerprint density at radius 3 is 0.946 bits per heavy atom. The summed E-state index contributed by atoms with van der Waals surface area (Å²) in [6.07, 6.45) is 9.92. The molecule has 1 aliphatic carbocycles. The molecule has 10 nitrogen and oxygen atoms in total. The highest BCUT2D eigenvalue weighted by Crippen LogP contribution is 2.41. The van der Waals surface area contributed by atoms with Crippen molar-refractivity contribution in [2.75, 3.05) is 86.3 Å². The lowest BCUT2D eigenvalue weighted by Crippen LogP contribution is -2.27. The van der Waals surface area contributed by atoms with Gasteiger partial charge in [-0.2, -0.15) is 0 Å². The van der Waals surface area contributed by atoms with E-state index in [4.69, 9.17) is 18.9 Å². The van der Waals surface area contributed by atoms with Crippen LogP contribution in [-0.2, 0) is 25.7 Å². The Morgan fingerprint density at radius 1 is 0.405 bits per heavy atom. The van der Waals surface area contributed by atoms with Gasteiger partial charge in [-0.15, -0.1) is 0 Å². The van der Waals surface area contributed by atoms with Crippen LogP contribution in [0.4, 0.5) is 22.7 Å². The number of fused-ring (bicyclic) bond motifs is 8. The maximum atomic E-state index is 14.9. The maximum Gasteiger partial charge on any atom is 0.258 e. The molecule has 0 saturated carbocycles. The molecule has 0 radical (unpaired) electrons. The van der Waals surface area contributed by atoms with Crippen molar-refractivity contribution in [3.63, 3.8) is 0 Å². The highest BCUT2D eigenvalue weighted by Gasteiger charge is 2.27. The highest BCUT2D eigenvalue weighted by atomic mass is 16.5. The van der Waals surface area contributed by atoms with E-state index in [0.717, 1.165) is 131 Å². The molecule has 6 aromatic carbocycles. The van der Waals surface area contributed by atoms with E-state index >= 15 is 0 Å². The number of amides is 2. The summed E-state index contributed by atoms with van der Waals surface area (Å²) < 4.78 is 27.3. The minimum Gasteiger partial charge on any atom is -0.493 e. The molecule has 0 aromatic heterocycles. The van der Waals surface area contributed by atoms with Crippen LogP contribution < -0.4 is 38.5 Å². The van der Waals surface area contributed by atoms with Crippen molar-refractivity contribution in [2.24, 2.45) is 0 Å². The monoisotopic (exact) mass is 997 g/mol. The first-order valence-corrected chi connectivity index (χ1v) is 27.5. The smallest absolute Gasteiger partial charge is 0.258 e. The molecule has 0 unspecified atom stereocenters. The van der Waals surface area contributed by atoms with Crippen LogP contribution in [0.5, 0.6) is 23.0 Å². The molecule has 6 aromatic rings. The zero-order valence-corrected chi connectivity index (χ0v) is 44.8. The van der Waals surface area contributed by atoms with Crippen molar-refractivity contribution < 1.29 is 28.5 Å². The van der Waals surface area contributed by atoms with Crippen LogP contribution >= 0.6 is 0 Å². The molecule has 2 fully saturated rings. The molecule has 0 spiro atoms. The van der Waals surface area contributed by atoms with Gasteiger partial charge in [0, 0.05) is 99.8 Å². The van der Waals surface area contributed by atoms with Gasteiger partial charge in [-0.1, -0.05) is 64.1 Å². The standard InChI is InChI=1S/C64H76N4O6/c1-7-33-71-59-45-17-15-18-46(59)38-50-42-54(64(70)66(6)56-23-27-58(28-24-56)68-31-13-14-32-68)44-52(62(50)74-36-10-4)40-48-20-16-19-47(60(48)72-34-8-2)39-51-43-53(41-49(37-45)61(51)73-35-9-3)63(69)65(5)55-21-25-57(26-22-55)67-29-11-12-30-67/h15-28,41-44H,7-14,29-40H2,1-6H3. The van der Waals surface area contributed by atoms with Gasteiger partial charge in [0.05, 0.1) is 26.4 Å². The van der Waals surface area contributed by atoms with E-state index in [-0.39, 0.29) is 11.8 Å². The van der Waals surface area contributed by atoms with Crippen LogP contribution in [0, 0.1) is 0 Å². The molecule has 0 atom stereocenters. The van der Waals surface area contributed by atoms with Gasteiger partial charge in [-0.05, 0) is 169 Å². The quantitative estimate of drug-likeness (QED) is 0.0841. The van der Waals surface area contributed by atoms with Crippen LogP contribution in [0.3, 0.4) is 0 Å². The van der Waals surface area contributed by atoms with Gasteiger partial charge in [0.1, 0.15) is 23.0 Å². The van der Waals surface area contributed by atoms with E-state index in [9.17, 15) is 9.59 Å². The molecule has 2 saturated heterocycles. The number of carbonyl (C=O) groups is 2. The number of anilines is 4. The Morgan fingerprint density at radius 2 is 0.676 bits per heavy atom. The summed E-state index contributed by atoms with van der Waals surface area (Å²) >= 11 is 0. The molecule has 74 heavy (non-hydrogen) atoms. The van der Waals surface area contributed by atoms with Crippen LogP contribution in [0.15, 0.2) is 109 Å². The lowest BCUT2D eigenvalue weighted by Gasteiger charge is -2.25. The van der Waals surface area contributed by atoms with E-state index in [0.29, 0.717) is 63.2 Å². The van der Waals surface area contributed by atoms with Gasteiger partial charge >= 0.3 is 0 Å². The molecule has 3 aliphatic rings. The van der Waals surface area contributed by atoms with Crippen LogP contribution in [0.2, 0.25) is 0 Å². The fraction of sp³-hybridized carbons (Fsp3) is 0.406. The Labute approximate surface area is 440 Å².